The van der Waals surface area contributed by atoms with Crippen molar-refractivity contribution in [1.29, 1.82) is 0 Å². The van der Waals surface area contributed by atoms with Crippen molar-refractivity contribution in [2.75, 3.05) is 37.5 Å². The van der Waals surface area contributed by atoms with Gasteiger partial charge in [-0.3, -0.25) is 14.4 Å². The molecule has 10 heteroatoms. The zero-order valence-corrected chi connectivity index (χ0v) is 19.6. The number of halogens is 1. The van der Waals surface area contributed by atoms with Crippen LogP contribution in [-0.2, 0) is 14.3 Å². The summed E-state index contributed by atoms with van der Waals surface area (Å²) >= 11 is 5.86. The summed E-state index contributed by atoms with van der Waals surface area (Å²) in [6, 6.07) is 8.28. The summed E-state index contributed by atoms with van der Waals surface area (Å²) in [6.45, 7) is 1.29. The van der Waals surface area contributed by atoms with E-state index in [0.717, 1.165) is 12.8 Å². The number of aromatic nitrogens is 1. The molecule has 1 aromatic carbocycles. The van der Waals surface area contributed by atoms with E-state index in [9.17, 15) is 14.4 Å². The highest BCUT2D eigenvalue weighted by Crippen LogP contribution is 2.30. The van der Waals surface area contributed by atoms with Gasteiger partial charge in [-0.25, -0.2) is 4.98 Å². The summed E-state index contributed by atoms with van der Waals surface area (Å²) in [5.41, 5.74) is 0.653. The van der Waals surface area contributed by atoms with Crippen LogP contribution in [0.25, 0.3) is 0 Å². The minimum absolute atomic E-state index is 0.0169. The number of anilines is 2. The Labute approximate surface area is 202 Å². The number of ether oxygens (including phenoxy) is 2. The number of carbonyl (C=O) groups is 3. The van der Waals surface area contributed by atoms with Crippen LogP contribution in [0.2, 0.25) is 5.02 Å². The second kappa shape index (κ2) is 10.8. The number of amides is 3. The third-order valence-electron chi connectivity index (χ3n) is 6.23. The summed E-state index contributed by atoms with van der Waals surface area (Å²) in [5.74, 6) is 0.0779. The van der Waals surface area contributed by atoms with Gasteiger partial charge in [0.25, 0.3) is 5.91 Å². The minimum Gasteiger partial charge on any atom is -0.497 e. The van der Waals surface area contributed by atoms with E-state index >= 15 is 0 Å². The number of methoxy groups -OCH3 is 1. The Morgan fingerprint density at radius 3 is 2.62 bits per heavy atom. The van der Waals surface area contributed by atoms with Gasteiger partial charge in [0.2, 0.25) is 11.8 Å². The van der Waals surface area contributed by atoms with Crippen molar-refractivity contribution in [3.8, 4) is 5.75 Å². The lowest BCUT2D eigenvalue weighted by Gasteiger charge is -2.38. The van der Waals surface area contributed by atoms with Gasteiger partial charge < -0.3 is 25.0 Å². The van der Waals surface area contributed by atoms with E-state index in [0.29, 0.717) is 48.3 Å². The zero-order chi connectivity index (χ0) is 24.1. The third-order valence-corrected chi connectivity index (χ3v) is 6.45. The maximum Gasteiger partial charge on any atom is 0.259 e. The first kappa shape index (κ1) is 24.0. The van der Waals surface area contributed by atoms with E-state index in [-0.39, 0.29) is 35.9 Å². The number of carbonyl (C=O) groups excluding carboxylic acids is 3. The normalized spacial score (nSPS) is 20.5. The predicted octanol–water partition coefficient (Wildman–Crippen LogP) is 3.35. The van der Waals surface area contributed by atoms with E-state index in [1.807, 2.05) is 4.90 Å². The van der Waals surface area contributed by atoms with Gasteiger partial charge in [0.15, 0.2) is 0 Å². The van der Waals surface area contributed by atoms with Crippen LogP contribution in [0.3, 0.4) is 0 Å². The van der Waals surface area contributed by atoms with Gasteiger partial charge >= 0.3 is 0 Å². The van der Waals surface area contributed by atoms with Crippen LogP contribution in [0, 0.1) is 5.92 Å². The third kappa shape index (κ3) is 5.66. The molecule has 34 heavy (non-hydrogen) atoms. The molecule has 0 unspecified atom stereocenters. The van der Waals surface area contributed by atoms with Gasteiger partial charge in [-0.15, -0.1) is 0 Å². The summed E-state index contributed by atoms with van der Waals surface area (Å²) in [5, 5.41) is 6.08. The van der Waals surface area contributed by atoms with Gasteiger partial charge in [-0.05, 0) is 56.0 Å². The lowest BCUT2D eigenvalue weighted by atomic mass is 9.84. The monoisotopic (exact) mass is 486 g/mol. The molecule has 2 N–H and O–H groups in total. The fourth-order valence-electron chi connectivity index (χ4n) is 4.38. The van der Waals surface area contributed by atoms with Gasteiger partial charge in [-0.2, -0.15) is 0 Å². The maximum absolute atomic E-state index is 13.0. The number of hydrogen-bond donors (Lipinski definition) is 2. The van der Waals surface area contributed by atoms with Crippen molar-refractivity contribution in [2.45, 2.75) is 31.7 Å². The Morgan fingerprint density at radius 1 is 1.15 bits per heavy atom. The molecule has 2 aliphatic rings. The average Bonchev–Trinajstić information content (AvgIpc) is 2.86. The van der Waals surface area contributed by atoms with E-state index in [1.54, 1.807) is 30.3 Å². The molecule has 1 aromatic heterocycles. The van der Waals surface area contributed by atoms with Gasteiger partial charge in [-0.1, -0.05) is 11.6 Å². The lowest BCUT2D eigenvalue weighted by Crippen LogP contribution is -2.49. The first-order chi connectivity index (χ1) is 16.4. The van der Waals surface area contributed by atoms with Crippen LogP contribution in [0.4, 0.5) is 11.5 Å². The molecular weight excluding hydrogens is 460 g/mol. The van der Waals surface area contributed by atoms with Crippen molar-refractivity contribution >= 4 is 40.8 Å². The highest BCUT2D eigenvalue weighted by Gasteiger charge is 2.33. The minimum atomic E-state index is -0.432. The van der Waals surface area contributed by atoms with Crippen molar-refractivity contribution in [3.05, 3.63) is 47.1 Å². The Balaban J connectivity index is 1.41. The number of pyridine rings is 1. The molecule has 2 heterocycles. The molecule has 3 amide bonds. The van der Waals surface area contributed by atoms with Crippen molar-refractivity contribution in [2.24, 2.45) is 5.92 Å². The van der Waals surface area contributed by atoms with Crippen LogP contribution in [0.15, 0.2) is 36.5 Å². The molecule has 180 valence electrons. The first-order valence-electron chi connectivity index (χ1n) is 11.2. The SMILES string of the molecule is COc1ccc(NC(=O)[C@H]2CC[C@H](N3CCOCC3=O)CC2)c(C(=O)Nc2ccc(Cl)cn2)c1. The van der Waals surface area contributed by atoms with Crippen LogP contribution in [0.1, 0.15) is 36.0 Å². The number of nitrogens with zero attached hydrogens (tertiary/aromatic N) is 2. The molecule has 0 spiro atoms. The Bertz CT molecular complexity index is 1050. The quantitative estimate of drug-likeness (QED) is 0.648. The number of morpholine rings is 1. The van der Waals surface area contributed by atoms with Crippen molar-refractivity contribution in [3.63, 3.8) is 0 Å². The maximum atomic E-state index is 13.0. The first-order valence-corrected chi connectivity index (χ1v) is 11.6. The Morgan fingerprint density at radius 2 is 1.94 bits per heavy atom. The van der Waals surface area contributed by atoms with Gasteiger partial charge in [0.05, 0.1) is 30.0 Å². The summed E-state index contributed by atoms with van der Waals surface area (Å²) < 4.78 is 10.5. The Kier molecular flexibility index (Phi) is 7.64. The number of benzene rings is 1. The molecule has 1 aliphatic heterocycles. The van der Waals surface area contributed by atoms with E-state index < -0.39 is 5.91 Å². The number of rotatable bonds is 6. The van der Waals surface area contributed by atoms with Crippen LogP contribution in [-0.4, -0.2) is 60.5 Å². The van der Waals surface area contributed by atoms with Gasteiger partial charge in [0.1, 0.15) is 18.2 Å². The van der Waals surface area contributed by atoms with Crippen LogP contribution in [0.5, 0.6) is 5.75 Å². The van der Waals surface area contributed by atoms with Crippen LogP contribution < -0.4 is 15.4 Å². The summed E-state index contributed by atoms with van der Waals surface area (Å²) in [7, 11) is 1.51. The van der Waals surface area contributed by atoms with E-state index in [1.165, 1.54) is 13.3 Å². The molecule has 1 saturated carbocycles. The molecule has 4 rings (SSSR count). The molecule has 2 aromatic rings. The molecule has 2 fully saturated rings. The van der Waals surface area contributed by atoms with Crippen molar-refractivity contribution in [1.82, 2.24) is 9.88 Å². The average molecular weight is 487 g/mol. The second-order valence-electron chi connectivity index (χ2n) is 8.36. The van der Waals surface area contributed by atoms with Crippen LogP contribution >= 0.6 is 11.6 Å². The smallest absolute Gasteiger partial charge is 0.259 e. The topological polar surface area (TPSA) is 110 Å². The van der Waals surface area contributed by atoms with Gasteiger partial charge in [0, 0.05) is 24.7 Å². The highest BCUT2D eigenvalue weighted by atomic mass is 35.5. The summed E-state index contributed by atoms with van der Waals surface area (Å²) in [6.07, 6.45) is 4.32. The molecule has 1 aliphatic carbocycles. The van der Waals surface area contributed by atoms with E-state index in [4.69, 9.17) is 21.1 Å². The van der Waals surface area contributed by atoms with E-state index in [2.05, 4.69) is 15.6 Å². The largest absolute Gasteiger partial charge is 0.497 e. The number of hydrogen-bond acceptors (Lipinski definition) is 6. The molecular formula is C24H27ClN4O5. The molecule has 0 bridgehead atoms. The molecule has 0 radical (unpaired) electrons. The van der Waals surface area contributed by atoms with Crippen molar-refractivity contribution < 1.29 is 23.9 Å². The molecule has 1 saturated heterocycles. The summed E-state index contributed by atoms with van der Waals surface area (Å²) in [4.78, 5) is 44.1. The highest BCUT2D eigenvalue weighted by molar-refractivity contribution is 6.30. The Hall–Kier alpha value is -3.17. The molecule has 9 nitrogen and oxygen atoms in total. The molecule has 0 atom stereocenters. The zero-order valence-electron chi connectivity index (χ0n) is 18.9. The second-order valence-corrected chi connectivity index (χ2v) is 8.80. The lowest BCUT2D eigenvalue weighted by molar-refractivity contribution is -0.146. The standard InChI is InChI=1S/C24H27ClN4O5/c1-33-18-7-8-20(19(12-18)24(32)28-21-9-4-16(25)13-26-21)27-23(31)15-2-5-17(6-3-15)29-10-11-34-14-22(29)30/h4,7-9,12-13,15,17H,2-3,5-6,10-11,14H2,1H3,(H,27,31)(H,26,28,32)/t15-,17-. The fraction of sp³-hybridized carbons (Fsp3) is 0.417. The number of nitrogens with one attached hydrogen (secondary N) is 2. The predicted molar refractivity (Wildman–Crippen MR) is 127 cm³/mol. The fourth-order valence-corrected chi connectivity index (χ4v) is 4.49.